The van der Waals surface area contributed by atoms with E-state index in [1.54, 1.807) is 24.3 Å². The van der Waals surface area contributed by atoms with Crippen LogP contribution in [0.4, 0.5) is 0 Å². The number of ether oxygens (including phenoxy) is 1. The molecular formula is C18H16N2O3. The van der Waals surface area contributed by atoms with Gasteiger partial charge in [0.2, 0.25) is 5.82 Å². The van der Waals surface area contributed by atoms with Crippen LogP contribution in [0.3, 0.4) is 0 Å². The number of aryl methyl sites for hydroxylation is 1. The zero-order valence-electron chi connectivity index (χ0n) is 12.7. The fourth-order valence-corrected chi connectivity index (χ4v) is 2.11. The van der Waals surface area contributed by atoms with Crippen LogP contribution in [0.25, 0.3) is 11.4 Å². The van der Waals surface area contributed by atoms with Crippen molar-refractivity contribution in [3.8, 4) is 11.4 Å². The average molecular weight is 308 g/mol. The number of rotatable bonds is 5. The van der Waals surface area contributed by atoms with Gasteiger partial charge in [0.25, 0.3) is 5.89 Å². The van der Waals surface area contributed by atoms with Gasteiger partial charge < -0.3 is 9.26 Å². The number of benzene rings is 2. The minimum Gasteiger partial charge on any atom is -0.452 e. The molecule has 5 nitrogen and oxygen atoms in total. The number of hydrogen-bond acceptors (Lipinski definition) is 5. The highest BCUT2D eigenvalue weighted by Gasteiger charge is 2.12. The first kappa shape index (κ1) is 15.0. The maximum absolute atomic E-state index is 11.9. The number of carbonyl (C=O) groups is 1. The van der Waals surface area contributed by atoms with Crippen LogP contribution < -0.4 is 0 Å². The lowest BCUT2D eigenvalue weighted by Gasteiger charge is -2.00. The van der Waals surface area contributed by atoms with E-state index in [0.717, 1.165) is 12.0 Å². The summed E-state index contributed by atoms with van der Waals surface area (Å²) in [5.74, 6) is 0.333. The van der Waals surface area contributed by atoms with Gasteiger partial charge in [-0.2, -0.15) is 4.98 Å². The molecule has 23 heavy (non-hydrogen) atoms. The second-order valence-electron chi connectivity index (χ2n) is 5.00. The number of aromatic nitrogens is 2. The van der Waals surface area contributed by atoms with E-state index < -0.39 is 5.97 Å². The third-order valence-corrected chi connectivity index (χ3v) is 3.42. The molecule has 0 saturated carbocycles. The molecule has 3 rings (SSSR count). The van der Waals surface area contributed by atoms with Gasteiger partial charge in [0.1, 0.15) is 0 Å². The van der Waals surface area contributed by atoms with Gasteiger partial charge >= 0.3 is 5.97 Å². The summed E-state index contributed by atoms with van der Waals surface area (Å²) in [7, 11) is 0. The molecule has 0 aliphatic rings. The Morgan fingerprint density at radius 1 is 1.09 bits per heavy atom. The summed E-state index contributed by atoms with van der Waals surface area (Å²) in [6.07, 6.45) is 0.979. The molecule has 1 aromatic heterocycles. The molecule has 1 heterocycles. The highest BCUT2D eigenvalue weighted by Crippen LogP contribution is 2.17. The molecule has 0 aliphatic carbocycles. The molecule has 0 fully saturated rings. The standard InChI is InChI=1S/C18H16N2O3/c1-2-13-8-10-14(11-9-13)17-19-16(23-20-17)12-22-18(21)15-6-4-3-5-7-15/h3-11H,2,12H2,1H3. The zero-order valence-corrected chi connectivity index (χ0v) is 12.7. The number of hydrogen-bond donors (Lipinski definition) is 0. The second-order valence-corrected chi connectivity index (χ2v) is 5.00. The quantitative estimate of drug-likeness (QED) is 0.673. The van der Waals surface area contributed by atoms with Gasteiger partial charge in [-0.1, -0.05) is 54.5 Å². The monoisotopic (exact) mass is 308 g/mol. The Morgan fingerprint density at radius 2 is 1.83 bits per heavy atom. The molecule has 0 bridgehead atoms. The SMILES string of the molecule is CCc1ccc(-c2noc(COC(=O)c3ccccc3)n2)cc1. The van der Waals surface area contributed by atoms with Crippen LogP contribution in [0.15, 0.2) is 59.1 Å². The minimum atomic E-state index is -0.419. The van der Waals surface area contributed by atoms with E-state index in [4.69, 9.17) is 9.26 Å². The summed E-state index contributed by atoms with van der Waals surface area (Å²) in [4.78, 5) is 16.1. The van der Waals surface area contributed by atoms with Crippen molar-refractivity contribution < 1.29 is 14.1 Å². The maximum atomic E-state index is 11.9. The van der Waals surface area contributed by atoms with Crippen LogP contribution in [0.1, 0.15) is 28.7 Å². The Morgan fingerprint density at radius 3 is 2.52 bits per heavy atom. The van der Waals surface area contributed by atoms with Gasteiger partial charge in [0.05, 0.1) is 5.56 Å². The molecule has 0 N–H and O–H groups in total. The van der Waals surface area contributed by atoms with Gasteiger partial charge in [0, 0.05) is 5.56 Å². The van der Waals surface area contributed by atoms with Crippen molar-refractivity contribution in [2.45, 2.75) is 20.0 Å². The lowest BCUT2D eigenvalue weighted by atomic mass is 10.1. The smallest absolute Gasteiger partial charge is 0.338 e. The second kappa shape index (κ2) is 6.87. The van der Waals surface area contributed by atoms with Gasteiger partial charge in [-0.3, -0.25) is 0 Å². The predicted octanol–water partition coefficient (Wildman–Crippen LogP) is 3.66. The van der Waals surface area contributed by atoms with Crippen molar-refractivity contribution in [1.82, 2.24) is 10.1 Å². The first-order chi connectivity index (χ1) is 11.3. The molecule has 116 valence electrons. The molecule has 0 radical (unpaired) electrons. The molecule has 2 aromatic carbocycles. The Kier molecular flexibility index (Phi) is 4.47. The largest absolute Gasteiger partial charge is 0.452 e. The normalized spacial score (nSPS) is 10.5. The van der Waals surface area contributed by atoms with Crippen LogP contribution in [0.5, 0.6) is 0 Å². The summed E-state index contributed by atoms with van der Waals surface area (Å²) in [6.45, 7) is 2.05. The fourth-order valence-electron chi connectivity index (χ4n) is 2.11. The molecule has 3 aromatic rings. The van der Waals surface area contributed by atoms with Crippen LogP contribution >= 0.6 is 0 Å². The van der Waals surface area contributed by atoms with Crippen molar-refractivity contribution in [3.05, 3.63) is 71.6 Å². The highest BCUT2D eigenvalue weighted by molar-refractivity contribution is 5.89. The highest BCUT2D eigenvalue weighted by atomic mass is 16.6. The number of nitrogens with zero attached hydrogens (tertiary/aromatic N) is 2. The molecule has 0 aliphatic heterocycles. The van der Waals surface area contributed by atoms with Gasteiger partial charge in [-0.25, -0.2) is 4.79 Å². The Balaban J connectivity index is 1.64. The van der Waals surface area contributed by atoms with Crippen LogP contribution in [0, 0.1) is 0 Å². The van der Waals surface area contributed by atoms with Crippen molar-refractivity contribution in [2.75, 3.05) is 0 Å². The topological polar surface area (TPSA) is 65.2 Å². The molecule has 5 heteroatoms. The third-order valence-electron chi connectivity index (χ3n) is 3.42. The fraction of sp³-hybridized carbons (Fsp3) is 0.167. The number of carbonyl (C=O) groups excluding carboxylic acids is 1. The van der Waals surface area contributed by atoms with E-state index in [-0.39, 0.29) is 12.5 Å². The summed E-state index contributed by atoms with van der Waals surface area (Å²) in [5.41, 5.74) is 2.60. The molecule has 0 atom stereocenters. The molecular weight excluding hydrogens is 292 g/mol. The molecule has 0 amide bonds. The Labute approximate surface area is 133 Å². The minimum absolute atomic E-state index is 0.0478. The van der Waals surface area contributed by atoms with Crippen molar-refractivity contribution in [1.29, 1.82) is 0 Å². The van der Waals surface area contributed by atoms with E-state index in [2.05, 4.69) is 17.1 Å². The Bertz CT molecular complexity index is 780. The molecule has 0 spiro atoms. The van der Waals surface area contributed by atoms with Gasteiger partial charge in [-0.05, 0) is 24.1 Å². The van der Waals surface area contributed by atoms with E-state index in [9.17, 15) is 4.79 Å². The van der Waals surface area contributed by atoms with E-state index in [1.165, 1.54) is 5.56 Å². The van der Waals surface area contributed by atoms with Crippen molar-refractivity contribution in [2.24, 2.45) is 0 Å². The Hall–Kier alpha value is -2.95. The predicted molar refractivity (Wildman–Crippen MR) is 84.7 cm³/mol. The van der Waals surface area contributed by atoms with E-state index in [0.29, 0.717) is 11.4 Å². The average Bonchev–Trinajstić information content (AvgIpc) is 3.09. The maximum Gasteiger partial charge on any atom is 0.338 e. The van der Waals surface area contributed by atoms with E-state index in [1.807, 2.05) is 30.3 Å². The van der Waals surface area contributed by atoms with Crippen LogP contribution in [-0.2, 0) is 17.8 Å². The van der Waals surface area contributed by atoms with Crippen LogP contribution in [0.2, 0.25) is 0 Å². The first-order valence-electron chi connectivity index (χ1n) is 7.40. The third kappa shape index (κ3) is 3.63. The van der Waals surface area contributed by atoms with E-state index >= 15 is 0 Å². The summed E-state index contributed by atoms with van der Waals surface area (Å²) in [5, 5.41) is 3.92. The van der Waals surface area contributed by atoms with Gasteiger partial charge in [-0.15, -0.1) is 0 Å². The number of esters is 1. The van der Waals surface area contributed by atoms with Crippen LogP contribution in [-0.4, -0.2) is 16.1 Å². The molecule has 0 unspecified atom stereocenters. The zero-order chi connectivity index (χ0) is 16.1. The van der Waals surface area contributed by atoms with Gasteiger partial charge in [0.15, 0.2) is 6.61 Å². The lowest BCUT2D eigenvalue weighted by molar-refractivity contribution is 0.0430. The summed E-state index contributed by atoms with van der Waals surface area (Å²) in [6, 6.07) is 16.7. The molecule has 0 saturated heterocycles. The lowest BCUT2D eigenvalue weighted by Crippen LogP contribution is -2.05. The van der Waals surface area contributed by atoms with Crippen molar-refractivity contribution >= 4 is 5.97 Å². The first-order valence-corrected chi connectivity index (χ1v) is 7.40. The summed E-state index contributed by atoms with van der Waals surface area (Å²) < 4.78 is 10.3. The summed E-state index contributed by atoms with van der Waals surface area (Å²) >= 11 is 0. The van der Waals surface area contributed by atoms with Crippen molar-refractivity contribution in [3.63, 3.8) is 0 Å².